The fourth-order valence-electron chi connectivity index (χ4n) is 2.39. The number of carbonyl (C=O) groups excluding carboxylic acids is 1. The molecule has 3 rings (SSSR count). The quantitative estimate of drug-likeness (QED) is 0.762. The molecule has 0 saturated heterocycles. The fraction of sp³-hybridized carbons (Fsp3) is 0.158. The van der Waals surface area contributed by atoms with Gasteiger partial charge in [-0.25, -0.2) is 4.98 Å². The largest absolute Gasteiger partial charge is 0.298 e. The first-order valence-electron chi connectivity index (χ1n) is 7.49. The van der Waals surface area contributed by atoms with Gasteiger partial charge < -0.3 is 0 Å². The van der Waals surface area contributed by atoms with E-state index in [1.54, 1.807) is 0 Å². The molecule has 0 atom stereocenters. The summed E-state index contributed by atoms with van der Waals surface area (Å²) >= 11 is 1.52. The minimum atomic E-state index is -0.105. The summed E-state index contributed by atoms with van der Waals surface area (Å²) in [4.78, 5) is 17.9. The Hall–Kier alpha value is -2.46. The smallest absolute Gasteiger partial charge is 0.257 e. The van der Waals surface area contributed by atoms with Crippen molar-refractivity contribution in [3.05, 3.63) is 81.9 Å². The van der Waals surface area contributed by atoms with E-state index in [2.05, 4.69) is 22.4 Å². The Bertz CT molecular complexity index is 824. The third-order valence-electron chi connectivity index (χ3n) is 3.63. The zero-order valence-electron chi connectivity index (χ0n) is 13.2. The Morgan fingerprint density at radius 2 is 1.91 bits per heavy atom. The molecule has 0 aliphatic carbocycles. The van der Waals surface area contributed by atoms with E-state index in [-0.39, 0.29) is 5.91 Å². The summed E-state index contributed by atoms with van der Waals surface area (Å²) in [6, 6.07) is 16.1. The Morgan fingerprint density at radius 1 is 1.13 bits per heavy atom. The van der Waals surface area contributed by atoms with Crippen LogP contribution >= 0.6 is 11.3 Å². The summed E-state index contributed by atoms with van der Waals surface area (Å²) in [5, 5.41) is 3.54. The summed E-state index contributed by atoms with van der Waals surface area (Å²) in [5.74, 6) is -0.105. The lowest BCUT2D eigenvalue weighted by Gasteiger charge is -2.06. The van der Waals surface area contributed by atoms with Gasteiger partial charge in [-0.05, 0) is 31.0 Å². The van der Waals surface area contributed by atoms with Crippen molar-refractivity contribution in [2.45, 2.75) is 20.3 Å². The molecule has 1 N–H and O–H groups in total. The molecule has 23 heavy (non-hydrogen) atoms. The van der Waals surface area contributed by atoms with Crippen LogP contribution in [0.3, 0.4) is 0 Å². The summed E-state index contributed by atoms with van der Waals surface area (Å²) in [6.45, 7) is 3.93. The number of hydrogen-bond donors (Lipinski definition) is 1. The van der Waals surface area contributed by atoms with Crippen molar-refractivity contribution < 1.29 is 4.79 Å². The first-order chi connectivity index (χ1) is 11.1. The molecule has 1 heterocycles. The van der Waals surface area contributed by atoms with Crippen molar-refractivity contribution in [2.24, 2.45) is 0 Å². The van der Waals surface area contributed by atoms with Crippen molar-refractivity contribution in [2.75, 3.05) is 5.32 Å². The second kappa shape index (κ2) is 6.75. The molecular formula is C19H18N2OS. The number of benzene rings is 2. The van der Waals surface area contributed by atoms with Gasteiger partial charge in [-0.1, -0.05) is 48.0 Å². The van der Waals surface area contributed by atoms with Crippen molar-refractivity contribution >= 4 is 22.4 Å². The maximum Gasteiger partial charge on any atom is 0.257 e. The lowest BCUT2D eigenvalue weighted by atomic mass is 10.1. The molecule has 0 fully saturated rings. The predicted molar refractivity (Wildman–Crippen MR) is 95.2 cm³/mol. The first kappa shape index (κ1) is 15.4. The first-order valence-corrected chi connectivity index (χ1v) is 8.31. The third-order valence-corrected chi connectivity index (χ3v) is 4.55. The predicted octanol–water partition coefficient (Wildman–Crippen LogP) is 4.60. The minimum Gasteiger partial charge on any atom is -0.298 e. The highest BCUT2D eigenvalue weighted by Gasteiger charge is 2.12. The lowest BCUT2D eigenvalue weighted by Crippen LogP contribution is -2.13. The molecule has 0 aliphatic heterocycles. The standard InChI is InChI=1S/C19H18N2OS/c1-13-8-9-14(2)17(10-13)18(22)21-19-20-12-16(23-19)11-15-6-4-3-5-7-15/h3-10,12H,11H2,1-2H3,(H,20,21,22). The van der Waals surface area contributed by atoms with Crippen molar-refractivity contribution in [3.8, 4) is 0 Å². The Balaban J connectivity index is 1.71. The molecule has 0 saturated carbocycles. The highest BCUT2D eigenvalue weighted by molar-refractivity contribution is 7.15. The topological polar surface area (TPSA) is 42.0 Å². The maximum atomic E-state index is 12.4. The van der Waals surface area contributed by atoms with Gasteiger partial charge in [0.15, 0.2) is 5.13 Å². The number of thiazole rings is 1. The van der Waals surface area contributed by atoms with E-state index in [0.717, 1.165) is 22.4 Å². The number of aromatic nitrogens is 1. The molecule has 1 amide bonds. The normalized spacial score (nSPS) is 10.5. The molecule has 3 nitrogen and oxygen atoms in total. The lowest BCUT2D eigenvalue weighted by molar-refractivity contribution is 0.102. The van der Waals surface area contributed by atoms with Gasteiger partial charge in [-0.15, -0.1) is 11.3 Å². The van der Waals surface area contributed by atoms with Gasteiger partial charge in [-0.3, -0.25) is 10.1 Å². The minimum absolute atomic E-state index is 0.105. The van der Waals surface area contributed by atoms with Gasteiger partial charge in [0, 0.05) is 23.1 Å². The monoisotopic (exact) mass is 322 g/mol. The zero-order chi connectivity index (χ0) is 16.2. The summed E-state index contributed by atoms with van der Waals surface area (Å²) in [7, 11) is 0. The van der Waals surface area contributed by atoms with Crippen LogP contribution in [0.25, 0.3) is 0 Å². The molecule has 0 radical (unpaired) electrons. The van der Waals surface area contributed by atoms with Crippen LogP contribution in [0.1, 0.15) is 31.9 Å². The number of carbonyl (C=O) groups is 1. The second-order valence-corrected chi connectivity index (χ2v) is 6.68. The van der Waals surface area contributed by atoms with Crippen LogP contribution < -0.4 is 5.32 Å². The molecule has 0 aliphatic rings. The molecule has 2 aromatic carbocycles. The van der Waals surface area contributed by atoms with Gasteiger partial charge in [0.2, 0.25) is 0 Å². The maximum absolute atomic E-state index is 12.4. The van der Waals surface area contributed by atoms with Crippen LogP contribution in [-0.4, -0.2) is 10.9 Å². The van der Waals surface area contributed by atoms with Gasteiger partial charge in [0.1, 0.15) is 0 Å². The van der Waals surface area contributed by atoms with Crippen LogP contribution in [0.4, 0.5) is 5.13 Å². The van der Waals surface area contributed by atoms with Crippen molar-refractivity contribution in [1.82, 2.24) is 4.98 Å². The highest BCUT2D eigenvalue weighted by Crippen LogP contribution is 2.22. The van der Waals surface area contributed by atoms with Crippen LogP contribution in [-0.2, 0) is 6.42 Å². The fourth-order valence-corrected chi connectivity index (χ4v) is 3.23. The van der Waals surface area contributed by atoms with Crippen LogP contribution in [0.2, 0.25) is 0 Å². The summed E-state index contributed by atoms with van der Waals surface area (Å²) < 4.78 is 0. The van der Waals surface area contributed by atoms with E-state index in [4.69, 9.17) is 0 Å². The van der Waals surface area contributed by atoms with E-state index in [9.17, 15) is 4.79 Å². The highest BCUT2D eigenvalue weighted by atomic mass is 32.1. The molecule has 0 bridgehead atoms. The zero-order valence-corrected chi connectivity index (χ0v) is 14.0. The summed E-state index contributed by atoms with van der Waals surface area (Å²) in [6.07, 6.45) is 2.66. The number of anilines is 1. The SMILES string of the molecule is Cc1ccc(C)c(C(=O)Nc2ncc(Cc3ccccc3)s2)c1. The molecule has 1 aromatic heterocycles. The molecule has 4 heteroatoms. The van der Waals surface area contributed by atoms with Crippen LogP contribution in [0.15, 0.2) is 54.7 Å². The number of aryl methyl sites for hydroxylation is 2. The Labute approximate surface area is 140 Å². The van der Waals surface area contributed by atoms with Gasteiger partial charge in [0.25, 0.3) is 5.91 Å². The molecule has 116 valence electrons. The molecule has 0 unspecified atom stereocenters. The van der Waals surface area contributed by atoms with E-state index < -0.39 is 0 Å². The number of rotatable bonds is 4. The summed E-state index contributed by atoms with van der Waals surface area (Å²) in [5.41, 5.74) is 3.98. The molecular weight excluding hydrogens is 304 g/mol. The second-order valence-electron chi connectivity index (χ2n) is 5.57. The number of amides is 1. The van der Waals surface area contributed by atoms with Gasteiger partial charge in [-0.2, -0.15) is 0 Å². The Morgan fingerprint density at radius 3 is 2.70 bits per heavy atom. The average Bonchev–Trinajstić information content (AvgIpc) is 2.97. The third kappa shape index (κ3) is 3.85. The number of hydrogen-bond acceptors (Lipinski definition) is 3. The molecule has 3 aromatic rings. The average molecular weight is 322 g/mol. The number of nitrogens with zero attached hydrogens (tertiary/aromatic N) is 1. The van der Waals surface area contributed by atoms with Crippen LogP contribution in [0, 0.1) is 13.8 Å². The van der Waals surface area contributed by atoms with E-state index in [0.29, 0.717) is 10.7 Å². The van der Waals surface area contributed by atoms with E-state index in [1.807, 2.05) is 56.4 Å². The van der Waals surface area contributed by atoms with Crippen LogP contribution in [0.5, 0.6) is 0 Å². The van der Waals surface area contributed by atoms with Crippen molar-refractivity contribution in [3.63, 3.8) is 0 Å². The van der Waals surface area contributed by atoms with E-state index >= 15 is 0 Å². The van der Waals surface area contributed by atoms with Gasteiger partial charge >= 0.3 is 0 Å². The van der Waals surface area contributed by atoms with Gasteiger partial charge in [0.05, 0.1) is 0 Å². The van der Waals surface area contributed by atoms with Crippen molar-refractivity contribution in [1.29, 1.82) is 0 Å². The Kier molecular flexibility index (Phi) is 4.53. The molecule has 0 spiro atoms. The number of nitrogens with one attached hydrogen (secondary N) is 1. The van der Waals surface area contributed by atoms with E-state index in [1.165, 1.54) is 16.9 Å².